The van der Waals surface area contributed by atoms with Crippen LogP contribution in [0.4, 0.5) is 5.69 Å². The first-order chi connectivity index (χ1) is 9.88. The van der Waals surface area contributed by atoms with Gasteiger partial charge in [-0.3, -0.25) is 9.52 Å². The highest BCUT2D eigenvalue weighted by Gasteiger charge is 2.14. The fraction of sp³-hybridized carbons (Fsp3) is 0.357. The standard InChI is InChI=1S/C14H18N2O4S/c1-11-5-6-12(4-3-8-15)10-13(11)16-21(18,19)9-7-14(17)20-2/h5-6,10,16H,7-9,15H2,1-2H3. The molecule has 0 amide bonds. The maximum absolute atomic E-state index is 11.9. The van der Waals surface area contributed by atoms with Crippen molar-refractivity contribution in [1.29, 1.82) is 0 Å². The van der Waals surface area contributed by atoms with Gasteiger partial charge < -0.3 is 10.5 Å². The molecule has 0 aliphatic carbocycles. The molecule has 0 unspecified atom stereocenters. The average molecular weight is 310 g/mol. The largest absolute Gasteiger partial charge is 0.469 e. The SMILES string of the molecule is COC(=O)CCS(=O)(=O)Nc1cc(C#CCN)ccc1C. The Morgan fingerprint density at radius 1 is 1.43 bits per heavy atom. The van der Waals surface area contributed by atoms with Crippen LogP contribution in [0.5, 0.6) is 0 Å². The predicted octanol–water partition coefficient (Wildman–Crippen LogP) is 0.610. The number of nitrogens with two attached hydrogens (primary N) is 1. The third-order valence-corrected chi connectivity index (χ3v) is 3.91. The lowest BCUT2D eigenvalue weighted by Gasteiger charge is -2.10. The molecule has 0 aromatic heterocycles. The molecule has 114 valence electrons. The molecule has 0 spiro atoms. The summed E-state index contributed by atoms with van der Waals surface area (Å²) in [4.78, 5) is 11.0. The van der Waals surface area contributed by atoms with Gasteiger partial charge >= 0.3 is 5.97 Å². The zero-order valence-corrected chi connectivity index (χ0v) is 12.8. The van der Waals surface area contributed by atoms with E-state index in [-0.39, 0.29) is 18.7 Å². The molecule has 0 saturated heterocycles. The van der Waals surface area contributed by atoms with Crippen LogP contribution >= 0.6 is 0 Å². The van der Waals surface area contributed by atoms with Crippen LogP contribution in [0.3, 0.4) is 0 Å². The van der Waals surface area contributed by atoms with Crippen molar-refractivity contribution in [3.05, 3.63) is 29.3 Å². The number of carbonyl (C=O) groups excluding carboxylic acids is 1. The molecule has 1 rings (SSSR count). The molecule has 0 radical (unpaired) electrons. The highest BCUT2D eigenvalue weighted by Crippen LogP contribution is 2.18. The second-order valence-electron chi connectivity index (χ2n) is 4.28. The molecule has 0 atom stereocenters. The Balaban J connectivity index is 2.88. The first kappa shape index (κ1) is 17.0. The Hall–Kier alpha value is -2.04. The van der Waals surface area contributed by atoms with Gasteiger partial charge in [0.15, 0.2) is 0 Å². The summed E-state index contributed by atoms with van der Waals surface area (Å²) in [5.74, 6) is 4.63. The summed E-state index contributed by atoms with van der Waals surface area (Å²) in [5, 5.41) is 0. The van der Waals surface area contributed by atoms with Gasteiger partial charge in [0.05, 0.1) is 31.5 Å². The van der Waals surface area contributed by atoms with Crippen LogP contribution in [0.1, 0.15) is 17.5 Å². The number of nitrogens with one attached hydrogen (secondary N) is 1. The van der Waals surface area contributed by atoms with Crippen LogP contribution in [-0.4, -0.2) is 33.8 Å². The average Bonchev–Trinajstić information content (AvgIpc) is 2.45. The van der Waals surface area contributed by atoms with Gasteiger partial charge in [-0.2, -0.15) is 0 Å². The van der Waals surface area contributed by atoms with Crippen LogP contribution in [0, 0.1) is 18.8 Å². The van der Waals surface area contributed by atoms with Crippen LogP contribution in [-0.2, 0) is 19.6 Å². The van der Waals surface area contributed by atoms with E-state index in [1.807, 2.05) is 0 Å². The molecule has 3 N–H and O–H groups in total. The fourth-order valence-corrected chi connectivity index (χ4v) is 2.59. The minimum Gasteiger partial charge on any atom is -0.469 e. The Kier molecular flexibility index (Phi) is 6.21. The van der Waals surface area contributed by atoms with Crippen LogP contribution in [0.25, 0.3) is 0 Å². The van der Waals surface area contributed by atoms with E-state index in [0.29, 0.717) is 11.3 Å². The molecule has 0 fully saturated rings. The highest BCUT2D eigenvalue weighted by atomic mass is 32.2. The lowest BCUT2D eigenvalue weighted by Crippen LogP contribution is -2.20. The maximum Gasteiger partial charge on any atom is 0.306 e. The number of carbonyl (C=O) groups is 1. The van der Waals surface area contributed by atoms with Crippen molar-refractivity contribution in [3.8, 4) is 11.8 Å². The maximum atomic E-state index is 11.9. The van der Waals surface area contributed by atoms with Gasteiger partial charge in [0, 0.05) is 5.56 Å². The molecule has 0 saturated carbocycles. The molecule has 0 aliphatic heterocycles. The number of ether oxygens (including phenoxy) is 1. The Morgan fingerprint density at radius 2 is 2.14 bits per heavy atom. The smallest absolute Gasteiger partial charge is 0.306 e. The van der Waals surface area contributed by atoms with E-state index in [1.165, 1.54) is 7.11 Å². The summed E-state index contributed by atoms with van der Waals surface area (Å²) in [6.45, 7) is 2.01. The van der Waals surface area contributed by atoms with E-state index in [9.17, 15) is 13.2 Å². The molecular formula is C14H18N2O4S. The van der Waals surface area contributed by atoms with E-state index >= 15 is 0 Å². The van der Waals surface area contributed by atoms with Gasteiger partial charge in [-0.1, -0.05) is 17.9 Å². The molecule has 7 heteroatoms. The number of methoxy groups -OCH3 is 1. The van der Waals surface area contributed by atoms with Crippen molar-refractivity contribution < 1.29 is 17.9 Å². The van der Waals surface area contributed by atoms with Gasteiger partial charge in [-0.15, -0.1) is 0 Å². The summed E-state index contributed by atoms with van der Waals surface area (Å²) in [5.41, 5.74) is 7.16. The number of hydrogen-bond acceptors (Lipinski definition) is 5. The second-order valence-corrected chi connectivity index (χ2v) is 6.12. The van der Waals surface area contributed by atoms with Gasteiger partial charge in [-0.05, 0) is 24.6 Å². The summed E-state index contributed by atoms with van der Waals surface area (Å²) in [6, 6.07) is 5.18. The van der Waals surface area contributed by atoms with E-state index in [1.54, 1.807) is 25.1 Å². The summed E-state index contributed by atoms with van der Waals surface area (Å²) < 4.78 is 30.7. The van der Waals surface area contributed by atoms with Gasteiger partial charge in [0.2, 0.25) is 10.0 Å². The quantitative estimate of drug-likeness (QED) is 0.613. The van der Waals surface area contributed by atoms with Crippen molar-refractivity contribution in [3.63, 3.8) is 0 Å². The fourth-order valence-electron chi connectivity index (χ4n) is 1.50. The number of hydrogen-bond donors (Lipinski definition) is 2. The number of benzene rings is 1. The van der Waals surface area contributed by atoms with Crippen molar-refractivity contribution in [2.24, 2.45) is 5.73 Å². The third kappa shape index (κ3) is 5.85. The predicted molar refractivity (Wildman–Crippen MR) is 81.2 cm³/mol. The van der Waals surface area contributed by atoms with E-state index in [4.69, 9.17) is 5.73 Å². The second kappa shape index (κ2) is 7.67. The van der Waals surface area contributed by atoms with Crippen molar-refractivity contribution in [2.45, 2.75) is 13.3 Å². The molecule has 0 bridgehead atoms. The molecule has 1 aromatic carbocycles. The Labute approximate surface area is 124 Å². The zero-order chi connectivity index (χ0) is 15.9. The zero-order valence-electron chi connectivity index (χ0n) is 12.0. The van der Waals surface area contributed by atoms with Gasteiger partial charge in [0.25, 0.3) is 0 Å². The Bertz CT molecular complexity index is 672. The molecule has 0 heterocycles. The molecular weight excluding hydrogens is 292 g/mol. The molecule has 21 heavy (non-hydrogen) atoms. The number of aryl methyl sites for hydroxylation is 1. The van der Waals surface area contributed by atoms with Crippen LogP contribution < -0.4 is 10.5 Å². The first-order valence-electron chi connectivity index (χ1n) is 6.25. The van der Waals surface area contributed by atoms with Crippen LogP contribution in [0.15, 0.2) is 18.2 Å². The molecule has 1 aromatic rings. The molecule has 6 nitrogen and oxygen atoms in total. The van der Waals surface area contributed by atoms with Gasteiger partial charge in [0.1, 0.15) is 0 Å². The topological polar surface area (TPSA) is 98.5 Å². The summed E-state index contributed by atoms with van der Waals surface area (Å²) in [6.07, 6.45) is -0.197. The van der Waals surface area contributed by atoms with E-state index < -0.39 is 16.0 Å². The van der Waals surface area contributed by atoms with Crippen molar-refractivity contribution >= 4 is 21.7 Å². The van der Waals surface area contributed by atoms with Crippen LogP contribution in [0.2, 0.25) is 0 Å². The van der Waals surface area contributed by atoms with Crippen molar-refractivity contribution in [2.75, 3.05) is 24.1 Å². The highest BCUT2D eigenvalue weighted by molar-refractivity contribution is 7.92. The number of esters is 1. The van der Waals surface area contributed by atoms with Crippen molar-refractivity contribution in [1.82, 2.24) is 0 Å². The lowest BCUT2D eigenvalue weighted by atomic mass is 10.1. The first-order valence-corrected chi connectivity index (χ1v) is 7.90. The number of sulfonamides is 1. The summed E-state index contributed by atoms with van der Waals surface area (Å²) >= 11 is 0. The lowest BCUT2D eigenvalue weighted by molar-refractivity contribution is -0.140. The monoisotopic (exact) mass is 310 g/mol. The summed E-state index contributed by atoms with van der Waals surface area (Å²) in [7, 11) is -2.41. The minimum absolute atomic E-state index is 0.197. The third-order valence-electron chi connectivity index (χ3n) is 2.64. The normalized spacial score (nSPS) is 10.4. The number of anilines is 1. The van der Waals surface area contributed by atoms with E-state index in [0.717, 1.165) is 5.56 Å². The molecule has 0 aliphatic rings. The van der Waals surface area contributed by atoms with E-state index in [2.05, 4.69) is 21.3 Å². The Morgan fingerprint density at radius 3 is 2.76 bits per heavy atom. The minimum atomic E-state index is -3.62. The van der Waals surface area contributed by atoms with Gasteiger partial charge in [-0.25, -0.2) is 8.42 Å². The number of rotatable bonds is 5.